The fourth-order valence-electron chi connectivity index (χ4n) is 4.32. The smallest absolute Gasteiger partial charge is 0.336 e. The van der Waals surface area contributed by atoms with Gasteiger partial charge in [-0.2, -0.15) is 0 Å². The number of fused-ring (bicyclic) bond motifs is 1. The molecule has 1 unspecified atom stereocenters. The summed E-state index contributed by atoms with van der Waals surface area (Å²) >= 11 is 0. The van der Waals surface area contributed by atoms with Gasteiger partial charge in [0.15, 0.2) is 6.10 Å². The van der Waals surface area contributed by atoms with E-state index in [2.05, 4.69) is 5.32 Å². The molecular formula is C26H26NO6-. The normalized spacial score (nSPS) is 19.1. The average molecular weight is 448 g/mol. The van der Waals surface area contributed by atoms with Gasteiger partial charge < -0.3 is 24.4 Å². The molecule has 33 heavy (non-hydrogen) atoms. The summed E-state index contributed by atoms with van der Waals surface area (Å²) < 4.78 is 11.2. The van der Waals surface area contributed by atoms with E-state index in [1.165, 1.54) is 6.07 Å². The molecule has 3 aromatic rings. The zero-order valence-electron chi connectivity index (χ0n) is 18.4. The number of rotatable bonds is 7. The Bertz CT molecular complexity index is 1190. The SMILES string of the molecule is CC(Oc1ccc2c(-c3ccccc3)cc(=O)oc2c1)C(=O)NCC1CCC(C(=O)[O-])CC1. The maximum Gasteiger partial charge on any atom is 0.336 e. The molecule has 1 amide bonds. The maximum atomic E-state index is 12.5. The summed E-state index contributed by atoms with van der Waals surface area (Å²) in [5, 5.41) is 14.6. The van der Waals surface area contributed by atoms with E-state index in [-0.39, 0.29) is 17.7 Å². The molecule has 0 bridgehead atoms. The molecule has 0 radical (unpaired) electrons. The molecule has 1 heterocycles. The number of hydrogen-bond acceptors (Lipinski definition) is 6. The van der Waals surface area contributed by atoms with Gasteiger partial charge in [-0.3, -0.25) is 4.79 Å². The Morgan fingerprint density at radius 2 is 1.82 bits per heavy atom. The van der Waals surface area contributed by atoms with Crippen LogP contribution in [0.2, 0.25) is 0 Å². The third kappa shape index (κ3) is 5.42. The number of hydrogen-bond donors (Lipinski definition) is 1. The molecule has 4 rings (SSSR count). The average Bonchev–Trinajstić information content (AvgIpc) is 2.82. The van der Waals surface area contributed by atoms with E-state index in [1.807, 2.05) is 36.4 Å². The van der Waals surface area contributed by atoms with E-state index in [9.17, 15) is 19.5 Å². The number of carboxylic acid groups (broad SMARTS) is 1. The number of carboxylic acids is 1. The maximum absolute atomic E-state index is 12.5. The van der Waals surface area contributed by atoms with Crippen LogP contribution in [0.4, 0.5) is 0 Å². The lowest BCUT2D eigenvalue weighted by Crippen LogP contribution is -2.40. The fourth-order valence-corrected chi connectivity index (χ4v) is 4.32. The van der Waals surface area contributed by atoms with E-state index >= 15 is 0 Å². The molecular weight excluding hydrogens is 422 g/mol. The van der Waals surface area contributed by atoms with Gasteiger partial charge in [-0.15, -0.1) is 0 Å². The largest absolute Gasteiger partial charge is 0.550 e. The van der Waals surface area contributed by atoms with Crippen LogP contribution in [0, 0.1) is 11.8 Å². The van der Waals surface area contributed by atoms with Crippen molar-refractivity contribution in [3.8, 4) is 16.9 Å². The first-order valence-electron chi connectivity index (χ1n) is 11.2. The molecule has 1 saturated carbocycles. The number of nitrogens with one attached hydrogen (secondary N) is 1. The third-order valence-corrected chi connectivity index (χ3v) is 6.23. The Hall–Kier alpha value is -3.61. The van der Waals surface area contributed by atoms with Crippen molar-refractivity contribution < 1.29 is 23.8 Å². The van der Waals surface area contributed by atoms with Crippen LogP contribution in [0.5, 0.6) is 5.75 Å². The minimum Gasteiger partial charge on any atom is -0.550 e. The summed E-state index contributed by atoms with van der Waals surface area (Å²) in [5.41, 5.74) is 1.60. The first-order valence-corrected chi connectivity index (χ1v) is 11.2. The van der Waals surface area contributed by atoms with Crippen LogP contribution in [0.3, 0.4) is 0 Å². The second kappa shape index (κ2) is 9.90. The fraction of sp³-hybridized carbons (Fsp3) is 0.346. The minimum absolute atomic E-state index is 0.253. The molecule has 1 aromatic heterocycles. The summed E-state index contributed by atoms with van der Waals surface area (Å²) in [7, 11) is 0. The second-order valence-corrected chi connectivity index (χ2v) is 8.55. The summed E-state index contributed by atoms with van der Waals surface area (Å²) in [6.45, 7) is 2.14. The first kappa shape index (κ1) is 22.6. The highest BCUT2D eigenvalue weighted by Gasteiger charge is 2.23. The van der Waals surface area contributed by atoms with Crippen LogP contribution >= 0.6 is 0 Å². The van der Waals surface area contributed by atoms with Gasteiger partial charge in [0.05, 0.1) is 0 Å². The first-order chi connectivity index (χ1) is 15.9. The van der Waals surface area contributed by atoms with Crippen LogP contribution < -0.4 is 20.8 Å². The van der Waals surface area contributed by atoms with Crippen molar-refractivity contribution in [3.05, 3.63) is 65.0 Å². The van der Waals surface area contributed by atoms with Crippen LogP contribution in [-0.4, -0.2) is 24.5 Å². The van der Waals surface area contributed by atoms with Crippen LogP contribution in [0.15, 0.2) is 63.8 Å². The minimum atomic E-state index is -0.985. The van der Waals surface area contributed by atoms with Crippen molar-refractivity contribution in [2.75, 3.05) is 6.54 Å². The molecule has 1 fully saturated rings. The van der Waals surface area contributed by atoms with Crippen molar-refractivity contribution in [1.82, 2.24) is 5.32 Å². The van der Waals surface area contributed by atoms with Crippen LogP contribution in [0.1, 0.15) is 32.6 Å². The second-order valence-electron chi connectivity index (χ2n) is 8.55. The van der Waals surface area contributed by atoms with Gasteiger partial charge in [-0.1, -0.05) is 30.3 Å². The molecule has 7 nitrogen and oxygen atoms in total. The molecule has 2 aromatic carbocycles. The topological polar surface area (TPSA) is 109 Å². The number of benzene rings is 2. The summed E-state index contributed by atoms with van der Waals surface area (Å²) in [6.07, 6.45) is 1.93. The molecule has 7 heteroatoms. The monoisotopic (exact) mass is 448 g/mol. The predicted molar refractivity (Wildman–Crippen MR) is 121 cm³/mol. The highest BCUT2D eigenvalue weighted by atomic mass is 16.5. The number of carbonyl (C=O) groups is 2. The third-order valence-electron chi connectivity index (χ3n) is 6.23. The summed E-state index contributed by atoms with van der Waals surface area (Å²) in [4.78, 5) is 35.6. The Morgan fingerprint density at radius 1 is 1.09 bits per heavy atom. The predicted octanol–water partition coefficient (Wildman–Crippen LogP) is 2.90. The van der Waals surface area contributed by atoms with Crippen LogP contribution in [-0.2, 0) is 9.59 Å². The van der Waals surface area contributed by atoms with Crippen LogP contribution in [0.25, 0.3) is 22.1 Å². The highest BCUT2D eigenvalue weighted by molar-refractivity contribution is 5.93. The number of amides is 1. The molecule has 1 aliphatic carbocycles. The Morgan fingerprint density at radius 3 is 2.52 bits per heavy atom. The van der Waals surface area contributed by atoms with Gasteiger partial charge in [0.2, 0.25) is 0 Å². The lowest BCUT2D eigenvalue weighted by atomic mass is 9.82. The molecule has 1 aliphatic rings. The number of aliphatic carboxylic acids is 1. The lowest BCUT2D eigenvalue weighted by molar-refractivity contribution is -0.312. The molecule has 0 saturated heterocycles. The van der Waals surface area contributed by atoms with Crippen molar-refractivity contribution >= 4 is 22.8 Å². The van der Waals surface area contributed by atoms with E-state index in [4.69, 9.17) is 9.15 Å². The van der Waals surface area contributed by atoms with E-state index in [0.29, 0.717) is 30.7 Å². The van der Waals surface area contributed by atoms with Crippen molar-refractivity contribution in [2.45, 2.75) is 38.7 Å². The van der Waals surface area contributed by atoms with Crippen molar-refractivity contribution in [2.24, 2.45) is 11.8 Å². The van der Waals surface area contributed by atoms with Gasteiger partial charge in [0.25, 0.3) is 5.91 Å². The highest BCUT2D eigenvalue weighted by Crippen LogP contribution is 2.30. The van der Waals surface area contributed by atoms with Gasteiger partial charge in [-0.25, -0.2) is 4.79 Å². The zero-order chi connectivity index (χ0) is 23.4. The van der Waals surface area contributed by atoms with Gasteiger partial charge in [0.1, 0.15) is 11.3 Å². The summed E-state index contributed by atoms with van der Waals surface area (Å²) in [5.74, 6) is -0.941. The Labute approximate surface area is 191 Å². The molecule has 0 spiro atoms. The number of ether oxygens (including phenoxy) is 1. The Kier molecular flexibility index (Phi) is 6.77. The van der Waals surface area contributed by atoms with Gasteiger partial charge >= 0.3 is 5.63 Å². The van der Waals surface area contributed by atoms with E-state index in [0.717, 1.165) is 29.4 Å². The summed E-state index contributed by atoms with van der Waals surface area (Å²) in [6, 6.07) is 16.2. The lowest BCUT2D eigenvalue weighted by Gasteiger charge is -2.29. The molecule has 0 aliphatic heterocycles. The molecule has 1 N–H and O–H groups in total. The Balaban J connectivity index is 1.40. The standard InChI is InChI=1S/C26H27NO6/c1-16(25(29)27-15-17-7-9-19(10-8-17)26(30)31)32-20-11-12-21-22(18-5-3-2-4-6-18)14-24(28)33-23(21)13-20/h2-6,11-14,16-17,19H,7-10,15H2,1H3,(H,27,29)(H,30,31)/p-1. The van der Waals surface area contributed by atoms with Crippen molar-refractivity contribution in [1.29, 1.82) is 0 Å². The van der Waals surface area contributed by atoms with E-state index < -0.39 is 17.7 Å². The van der Waals surface area contributed by atoms with E-state index in [1.54, 1.807) is 19.1 Å². The van der Waals surface area contributed by atoms with Crippen molar-refractivity contribution in [3.63, 3.8) is 0 Å². The number of carbonyl (C=O) groups excluding carboxylic acids is 2. The van der Waals surface area contributed by atoms with Gasteiger partial charge in [-0.05, 0) is 67.7 Å². The van der Waals surface area contributed by atoms with Gasteiger partial charge in [0, 0.05) is 30.0 Å². The zero-order valence-corrected chi connectivity index (χ0v) is 18.4. The molecule has 1 atom stereocenters. The molecule has 172 valence electrons. The quantitative estimate of drug-likeness (QED) is 0.557.